The number of aromatic nitrogens is 1. The van der Waals surface area contributed by atoms with Crippen LogP contribution in [0.5, 0.6) is 0 Å². The molecule has 3 heterocycles. The summed E-state index contributed by atoms with van der Waals surface area (Å²) in [7, 11) is 0. The summed E-state index contributed by atoms with van der Waals surface area (Å²) in [5, 5.41) is 4.79. The number of rotatable bonds is 4. The van der Waals surface area contributed by atoms with Crippen LogP contribution < -0.4 is 10.9 Å². The van der Waals surface area contributed by atoms with E-state index in [4.69, 9.17) is 0 Å². The van der Waals surface area contributed by atoms with Crippen LogP contribution >= 0.6 is 11.3 Å². The monoisotopic (exact) mass is 397 g/mol. The lowest BCUT2D eigenvalue weighted by atomic mass is 9.91. The molecule has 1 aliphatic carbocycles. The van der Waals surface area contributed by atoms with E-state index in [1.54, 1.807) is 17.5 Å². The van der Waals surface area contributed by atoms with Gasteiger partial charge in [0.2, 0.25) is 5.91 Å². The topological polar surface area (TPSA) is 82.3 Å². The Morgan fingerprint density at radius 2 is 2.21 bits per heavy atom. The van der Waals surface area contributed by atoms with Gasteiger partial charge in [-0.25, -0.2) is 0 Å². The average Bonchev–Trinajstić information content (AvgIpc) is 3.25. The summed E-state index contributed by atoms with van der Waals surface area (Å²) in [6.07, 6.45) is 9.01. The fourth-order valence-electron chi connectivity index (χ4n) is 3.94. The summed E-state index contributed by atoms with van der Waals surface area (Å²) in [6.45, 7) is 1.39. The molecule has 146 valence electrons. The van der Waals surface area contributed by atoms with E-state index < -0.39 is 0 Å². The molecule has 0 saturated carbocycles. The highest BCUT2D eigenvalue weighted by Crippen LogP contribution is 2.25. The zero-order chi connectivity index (χ0) is 19.5. The van der Waals surface area contributed by atoms with E-state index in [2.05, 4.69) is 22.5 Å². The van der Waals surface area contributed by atoms with E-state index in [1.165, 1.54) is 0 Å². The van der Waals surface area contributed by atoms with Crippen LogP contribution in [0, 0.1) is 5.92 Å². The summed E-state index contributed by atoms with van der Waals surface area (Å²) in [4.78, 5) is 43.4. The lowest BCUT2D eigenvalue weighted by Gasteiger charge is -2.32. The molecule has 7 heteroatoms. The Labute approximate surface area is 167 Å². The third kappa shape index (κ3) is 3.80. The van der Waals surface area contributed by atoms with Gasteiger partial charge in [0.1, 0.15) is 5.56 Å². The van der Waals surface area contributed by atoms with Crippen molar-refractivity contribution in [1.82, 2.24) is 15.2 Å². The largest absolute Gasteiger partial charge is 0.347 e. The molecule has 2 aromatic heterocycles. The zero-order valence-corrected chi connectivity index (χ0v) is 16.4. The molecule has 0 bridgehead atoms. The number of amides is 2. The van der Waals surface area contributed by atoms with Gasteiger partial charge in [-0.3, -0.25) is 14.4 Å². The van der Waals surface area contributed by atoms with Gasteiger partial charge in [0.05, 0.1) is 6.54 Å². The van der Waals surface area contributed by atoms with Crippen molar-refractivity contribution in [2.75, 3.05) is 6.54 Å². The maximum absolute atomic E-state index is 12.8. The van der Waals surface area contributed by atoms with Gasteiger partial charge in [-0.1, -0.05) is 18.2 Å². The van der Waals surface area contributed by atoms with Crippen molar-refractivity contribution in [3.8, 4) is 0 Å². The number of carbonyl (C=O) groups is 2. The molecule has 2 aliphatic rings. The van der Waals surface area contributed by atoms with Crippen molar-refractivity contribution in [2.45, 2.75) is 38.8 Å². The predicted molar refractivity (Wildman–Crippen MR) is 108 cm³/mol. The fraction of sp³-hybridized carbons (Fsp3) is 0.381. The summed E-state index contributed by atoms with van der Waals surface area (Å²) < 4.78 is 0. The number of carbonyl (C=O) groups excluding carboxylic acids is 2. The van der Waals surface area contributed by atoms with E-state index in [0.29, 0.717) is 26.1 Å². The second-order valence-electron chi connectivity index (χ2n) is 7.25. The van der Waals surface area contributed by atoms with Crippen LogP contribution in [0.4, 0.5) is 0 Å². The number of aromatic amines is 1. The van der Waals surface area contributed by atoms with Crippen LogP contribution in [0.25, 0.3) is 0 Å². The first-order chi connectivity index (χ1) is 13.6. The molecule has 0 aromatic carbocycles. The first kappa shape index (κ1) is 18.7. The number of thiophene rings is 1. The third-order valence-corrected chi connectivity index (χ3v) is 6.32. The van der Waals surface area contributed by atoms with Gasteiger partial charge < -0.3 is 15.2 Å². The van der Waals surface area contributed by atoms with Gasteiger partial charge >= 0.3 is 0 Å². The van der Waals surface area contributed by atoms with E-state index in [0.717, 1.165) is 35.3 Å². The Bertz CT molecular complexity index is 962. The molecule has 0 radical (unpaired) electrons. The Morgan fingerprint density at radius 1 is 1.32 bits per heavy atom. The summed E-state index contributed by atoms with van der Waals surface area (Å²) in [6, 6.07) is 3.87. The van der Waals surface area contributed by atoms with Gasteiger partial charge in [0.25, 0.3) is 11.5 Å². The van der Waals surface area contributed by atoms with Gasteiger partial charge in [-0.2, -0.15) is 0 Å². The van der Waals surface area contributed by atoms with Gasteiger partial charge in [0.15, 0.2) is 0 Å². The molecule has 2 aromatic rings. The third-order valence-electron chi connectivity index (χ3n) is 5.45. The Kier molecular flexibility index (Phi) is 5.43. The van der Waals surface area contributed by atoms with Crippen molar-refractivity contribution in [2.24, 2.45) is 5.92 Å². The van der Waals surface area contributed by atoms with Crippen LogP contribution in [0.15, 0.2) is 40.7 Å². The number of pyridine rings is 1. The average molecular weight is 398 g/mol. The van der Waals surface area contributed by atoms with Crippen molar-refractivity contribution in [3.05, 3.63) is 67.8 Å². The maximum atomic E-state index is 12.8. The molecule has 1 atom stereocenters. The van der Waals surface area contributed by atoms with Gasteiger partial charge in [-0.15, -0.1) is 11.3 Å². The minimum Gasteiger partial charge on any atom is -0.347 e. The Balaban J connectivity index is 1.51. The van der Waals surface area contributed by atoms with E-state index >= 15 is 0 Å². The summed E-state index contributed by atoms with van der Waals surface area (Å²) in [5.74, 6) is -0.142. The molecule has 4 rings (SSSR count). The predicted octanol–water partition coefficient (Wildman–Crippen LogP) is 2.61. The highest BCUT2D eigenvalue weighted by molar-refractivity contribution is 7.09. The maximum Gasteiger partial charge on any atom is 0.261 e. The van der Waals surface area contributed by atoms with Crippen LogP contribution in [0.3, 0.4) is 0 Å². The molecule has 28 heavy (non-hydrogen) atoms. The highest BCUT2D eigenvalue weighted by Gasteiger charge is 2.30. The molecule has 2 amide bonds. The van der Waals surface area contributed by atoms with Crippen molar-refractivity contribution < 1.29 is 9.59 Å². The van der Waals surface area contributed by atoms with E-state index in [9.17, 15) is 14.4 Å². The van der Waals surface area contributed by atoms with Crippen molar-refractivity contribution >= 4 is 23.2 Å². The van der Waals surface area contributed by atoms with E-state index in [-0.39, 0.29) is 28.9 Å². The highest BCUT2D eigenvalue weighted by atomic mass is 32.1. The molecular weight excluding hydrogens is 374 g/mol. The number of allylic oxidation sites excluding steroid dienone is 2. The number of fused-ring (bicyclic) bond motifs is 1. The van der Waals surface area contributed by atoms with Crippen LogP contribution in [-0.2, 0) is 24.3 Å². The molecule has 1 unspecified atom stereocenters. The molecule has 0 spiro atoms. The lowest BCUT2D eigenvalue weighted by Crippen LogP contribution is -2.42. The number of nitrogens with one attached hydrogen (secondary N) is 2. The zero-order valence-electron chi connectivity index (χ0n) is 15.6. The van der Waals surface area contributed by atoms with Crippen LogP contribution in [-0.4, -0.2) is 28.2 Å². The molecule has 2 N–H and O–H groups in total. The summed E-state index contributed by atoms with van der Waals surface area (Å²) >= 11 is 1.56. The summed E-state index contributed by atoms with van der Waals surface area (Å²) in [5.41, 5.74) is 1.42. The Morgan fingerprint density at radius 3 is 2.96 bits per heavy atom. The van der Waals surface area contributed by atoms with E-state index in [1.807, 2.05) is 22.4 Å². The van der Waals surface area contributed by atoms with Crippen molar-refractivity contribution in [3.63, 3.8) is 0 Å². The molecule has 1 aliphatic heterocycles. The minimum atomic E-state index is -0.375. The quantitative estimate of drug-likeness (QED) is 0.778. The second kappa shape index (κ2) is 8.14. The minimum absolute atomic E-state index is 0.0443. The van der Waals surface area contributed by atoms with Crippen molar-refractivity contribution in [1.29, 1.82) is 0 Å². The first-order valence-electron chi connectivity index (χ1n) is 9.61. The van der Waals surface area contributed by atoms with Crippen LogP contribution in [0.2, 0.25) is 0 Å². The SMILES string of the molecule is O=C(NCc1cccs1)c1c2c(c[nH]c1=O)CN(C(=O)C1CC=CCC1)CC2. The molecule has 0 saturated heterocycles. The van der Waals surface area contributed by atoms with Crippen LogP contribution in [0.1, 0.15) is 45.6 Å². The molecule has 6 nitrogen and oxygen atoms in total. The number of nitrogens with zero attached hydrogens (tertiary/aromatic N) is 1. The normalized spacial score (nSPS) is 18.6. The lowest BCUT2D eigenvalue weighted by molar-refractivity contribution is -0.136. The number of hydrogen-bond donors (Lipinski definition) is 2. The smallest absolute Gasteiger partial charge is 0.261 e. The first-order valence-corrected chi connectivity index (χ1v) is 10.5. The molecular formula is C21H23N3O3S. The van der Waals surface area contributed by atoms with Gasteiger partial charge in [0, 0.05) is 30.1 Å². The fourth-order valence-corrected chi connectivity index (χ4v) is 4.59. The second-order valence-corrected chi connectivity index (χ2v) is 8.28. The van der Waals surface area contributed by atoms with Gasteiger partial charge in [-0.05, 0) is 48.3 Å². The standard InChI is InChI=1S/C21H23N3O3S/c25-19-18(20(26)23-12-16-7-4-10-28-16)17-8-9-24(13-15(17)11-22-19)21(27)14-5-2-1-3-6-14/h1-2,4,7,10-11,14H,3,5-6,8-9,12-13H2,(H,22,25)(H,23,26). The number of hydrogen-bond acceptors (Lipinski definition) is 4. The Hall–Kier alpha value is -2.67. The number of H-pyrrole nitrogens is 1. The molecule has 0 fully saturated rings.